The van der Waals surface area contributed by atoms with E-state index in [0.29, 0.717) is 29.3 Å². The topological polar surface area (TPSA) is 91.2 Å². The number of nitrogens with one attached hydrogen (secondary N) is 1. The molecule has 4 rings (SSSR count). The van der Waals surface area contributed by atoms with Crippen molar-refractivity contribution in [1.29, 1.82) is 0 Å². The summed E-state index contributed by atoms with van der Waals surface area (Å²) in [5.74, 6) is 1.47. The molecule has 0 aliphatic carbocycles. The van der Waals surface area contributed by atoms with Crippen LogP contribution in [0.1, 0.15) is 54.2 Å². The lowest BCUT2D eigenvalue weighted by Crippen LogP contribution is -2.24. The fourth-order valence-corrected chi connectivity index (χ4v) is 3.61. The molecule has 0 fully saturated rings. The number of nitrogens with zero attached hydrogens (tertiary/aromatic N) is 4. The number of benzene rings is 1. The first-order chi connectivity index (χ1) is 14.2. The second-order valence-corrected chi connectivity index (χ2v) is 8.11. The van der Waals surface area contributed by atoms with E-state index in [1.165, 1.54) is 0 Å². The van der Waals surface area contributed by atoms with Crippen molar-refractivity contribution in [3.05, 3.63) is 59.3 Å². The highest BCUT2D eigenvalue weighted by molar-refractivity contribution is 6.04. The maximum Gasteiger partial charge on any atom is 0.257 e. The molecule has 1 atom stereocenters. The van der Waals surface area contributed by atoms with Crippen molar-refractivity contribution in [2.45, 2.75) is 45.8 Å². The van der Waals surface area contributed by atoms with Gasteiger partial charge in [0.25, 0.3) is 5.91 Å². The van der Waals surface area contributed by atoms with Crippen LogP contribution in [-0.2, 0) is 13.5 Å². The van der Waals surface area contributed by atoms with Crippen molar-refractivity contribution < 1.29 is 14.3 Å². The van der Waals surface area contributed by atoms with Crippen LogP contribution < -0.4 is 14.8 Å². The van der Waals surface area contributed by atoms with E-state index in [1.54, 1.807) is 48.5 Å². The second-order valence-electron chi connectivity index (χ2n) is 8.11. The Balaban J connectivity index is 1.67. The molecule has 1 amide bonds. The number of rotatable bonds is 5. The minimum atomic E-state index is -0.373. The molecule has 1 unspecified atom stereocenters. The van der Waals surface area contributed by atoms with Gasteiger partial charge >= 0.3 is 0 Å². The van der Waals surface area contributed by atoms with Gasteiger partial charge in [-0.15, -0.1) is 0 Å². The number of hydrogen-bond acceptors (Lipinski definition) is 6. The molecule has 3 heterocycles. The first-order valence-electron chi connectivity index (χ1n) is 9.83. The molecule has 30 heavy (non-hydrogen) atoms. The SMILES string of the molecule is Cc1nccnc1C(C)Oc1cc(C(=O)Nc2ccn(C)n2)cc2c1CC(C)(C)O2. The molecule has 0 radical (unpaired) electrons. The maximum absolute atomic E-state index is 12.9. The minimum Gasteiger partial charge on any atom is -0.487 e. The maximum atomic E-state index is 12.9. The number of hydrogen-bond donors (Lipinski definition) is 1. The van der Waals surface area contributed by atoms with E-state index in [2.05, 4.69) is 20.4 Å². The highest BCUT2D eigenvalue weighted by Gasteiger charge is 2.34. The summed E-state index contributed by atoms with van der Waals surface area (Å²) in [4.78, 5) is 21.5. The van der Waals surface area contributed by atoms with E-state index in [-0.39, 0.29) is 17.6 Å². The lowest BCUT2D eigenvalue weighted by molar-refractivity contribution is 0.102. The summed E-state index contributed by atoms with van der Waals surface area (Å²) in [6.45, 7) is 7.85. The van der Waals surface area contributed by atoms with Gasteiger partial charge in [-0.3, -0.25) is 19.4 Å². The van der Waals surface area contributed by atoms with Crippen molar-refractivity contribution in [3.63, 3.8) is 0 Å². The largest absolute Gasteiger partial charge is 0.487 e. The predicted molar refractivity (Wildman–Crippen MR) is 112 cm³/mol. The third-order valence-electron chi connectivity index (χ3n) is 4.98. The van der Waals surface area contributed by atoms with Crippen molar-refractivity contribution in [2.75, 3.05) is 5.32 Å². The number of aryl methyl sites for hydroxylation is 2. The Labute approximate surface area is 175 Å². The summed E-state index contributed by atoms with van der Waals surface area (Å²) in [7, 11) is 1.79. The molecule has 1 aromatic carbocycles. The van der Waals surface area contributed by atoms with E-state index in [9.17, 15) is 4.79 Å². The number of anilines is 1. The number of amides is 1. The molecule has 1 N–H and O–H groups in total. The highest BCUT2D eigenvalue weighted by Crippen LogP contribution is 2.42. The van der Waals surface area contributed by atoms with Gasteiger partial charge in [-0.2, -0.15) is 5.10 Å². The van der Waals surface area contributed by atoms with E-state index >= 15 is 0 Å². The summed E-state index contributed by atoms with van der Waals surface area (Å²) in [5.41, 5.74) is 2.58. The number of fused-ring (bicyclic) bond motifs is 1. The zero-order chi connectivity index (χ0) is 21.5. The molecule has 1 aliphatic rings. The molecule has 0 bridgehead atoms. The standard InChI is InChI=1S/C22H25N5O3/c1-13-20(24-8-7-23-13)14(2)29-17-10-15(11-18-16(17)12-22(3,4)30-18)21(28)25-19-6-9-27(5)26-19/h6-11,14H,12H2,1-5H3,(H,25,26,28). The molecular formula is C22H25N5O3. The lowest BCUT2D eigenvalue weighted by atomic mass is 9.99. The Kier molecular flexibility index (Phi) is 4.93. The summed E-state index contributed by atoms with van der Waals surface area (Å²) in [6, 6.07) is 5.25. The van der Waals surface area contributed by atoms with Gasteiger partial charge in [-0.25, -0.2) is 0 Å². The Hall–Kier alpha value is -3.42. The van der Waals surface area contributed by atoms with E-state index in [4.69, 9.17) is 9.47 Å². The van der Waals surface area contributed by atoms with Crippen LogP contribution in [0.25, 0.3) is 0 Å². The molecule has 2 aromatic heterocycles. The summed E-state index contributed by atoms with van der Waals surface area (Å²) in [6.07, 6.45) is 5.42. The Morgan fingerprint density at radius 1 is 1.30 bits per heavy atom. The Bertz CT molecular complexity index is 1110. The number of carbonyl (C=O) groups excluding carboxylic acids is 1. The van der Waals surface area contributed by atoms with E-state index < -0.39 is 0 Å². The molecule has 8 heteroatoms. The van der Waals surface area contributed by atoms with Gasteiger partial charge in [0.05, 0.1) is 5.69 Å². The van der Waals surface area contributed by atoms with Crippen LogP contribution in [0.3, 0.4) is 0 Å². The van der Waals surface area contributed by atoms with Crippen LogP contribution in [0.5, 0.6) is 11.5 Å². The number of carbonyl (C=O) groups is 1. The first kappa shape index (κ1) is 19.9. The zero-order valence-electron chi connectivity index (χ0n) is 17.8. The fraction of sp³-hybridized carbons (Fsp3) is 0.364. The molecule has 156 valence electrons. The van der Waals surface area contributed by atoms with Crippen molar-refractivity contribution in [3.8, 4) is 11.5 Å². The first-order valence-corrected chi connectivity index (χ1v) is 9.83. The number of ether oxygens (including phenoxy) is 2. The average Bonchev–Trinajstić information content (AvgIpc) is 3.22. The molecule has 0 saturated carbocycles. The van der Waals surface area contributed by atoms with Gasteiger partial charge in [-0.05, 0) is 39.8 Å². The van der Waals surface area contributed by atoms with Gasteiger partial charge in [0.1, 0.15) is 28.9 Å². The highest BCUT2D eigenvalue weighted by atomic mass is 16.5. The molecular weight excluding hydrogens is 382 g/mol. The number of aromatic nitrogens is 4. The fourth-order valence-electron chi connectivity index (χ4n) is 3.61. The van der Waals surface area contributed by atoms with Gasteiger partial charge in [0.15, 0.2) is 5.82 Å². The predicted octanol–water partition coefficient (Wildman–Crippen LogP) is 3.62. The monoisotopic (exact) mass is 407 g/mol. The van der Waals surface area contributed by atoms with Gasteiger partial charge < -0.3 is 14.8 Å². The third kappa shape index (κ3) is 3.98. The summed E-state index contributed by atoms with van der Waals surface area (Å²) in [5, 5.41) is 7.01. The summed E-state index contributed by atoms with van der Waals surface area (Å²) < 4.78 is 14.0. The van der Waals surface area contributed by atoms with Crippen LogP contribution in [0.2, 0.25) is 0 Å². The van der Waals surface area contributed by atoms with Crippen LogP contribution in [0, 0.1) is 6.92 Å². The van der Waals surface area contributed by atoms with E-state index in [1.807, 2.05) is 27.7 Å². The van der Waals surface area contributed by atoms with Crippen molar-refractivity contribution >= 4 is 11.7 Å². The van der Waals surface area contributed by atoms with Crippen molar-refractivity contribution in [1.82, 2.24) is 19.7 Å². The lowest BCUT2D eigenvalue weighted by Gasteiger charge is -2.18. The van der Waals surface area contributed by atoms with Crippen molar-refractivity contribution in [2.24, 2.45) is 7.05 Å². The average molecular weight is 407 g/mol. The van der Waals surface area contributed by atoms with Crippen LogP contribution in [0.4, 0.5) is 5.82 Å². The van der Waals surface area contributed by atoms with Crippen LogP contribution >= 0.6 is 0 Å². The zero-order valence-corrected chi connectivity index (χ0v) is 17.8. The van der Waals surface area contributed by atoms with Gasteiger partial charge in [0.2, 0.25) is 0 Å². The van der Waals surface area contributed by atoms with Crippen LogP contribution in [-0.4, -0.2) is 31.3 Å². The molecule has 0 spiro atoms. The van der Waals surface area contributed by atoms with Gasteiger partial charge in [-0.1, -0.05) is 0 Å². The molecule has 8 nitrogen and oxygen atoms in total. The smallest absolute Gasteiger partial charge is 0.257 e. The van der Waals surface area contributed by atoms with E-state index in [0.717, 1.165) is 17.0 Å². The normalized spacial score (nSPS) is 15.2. The summed E-state index contributed by atoms with van der Waals surface area (Å²) >= 11 is 0. The Morgan fingerprint density at radius 2 is 2.07 bits per heavy atom. The molecule has 1 aliphatic heterocycles. The van der Waals surface area contributed by atoms with Crippen LogP contribution in [0.15, 0.2) is 36.8 Å². The van der Waals surface area contributed by atoms with Gasteiger partial charge in [0, 0.05) is 49.3 Å². The quantitative estimate of drug-likeness (QED) is 0.695. The minimum absolute atomic E-state index is 0.280. The Morgan fingerprint density at radius 3 is 2.77 bits per heavy atom. The molecule has 0 saturated heterocycles. The molecule has 3 aromatic rings. The second kappa shape index (κ2) is 7.44. The third-order valence-corrected chi connectivity index (χ3v) is 4.98.